The number of hydrogen-bond acceptors (Lipinski definition) is 3. The fraction of sp³-hybridized carbons (Fsp3) is 0.250. The van der Waals surface area contributed by atoms with Gasteiger partial charge >= 0.3 is 0 Å². The maximum atomic E-state index is 11.4. The Morgan fingerprint density at radius 2 is 1.55 bits per heavy atom. The fourth-order valence-corrected chi connectivity index (χ4v) is 2.65. The van der Waals surface area contributed by atoms with E-state index in [1.165, 1.54) is 11.8 Å². The van der Waals surface area contributed by atoms with E-state index in [4.69, 9.17) is 0 Å². The monoisotopic (exact) mass is 289 g/mol. The van der Waals surface area contributed by atoms with Gasteiger partial charge < -0.3 is 4.90 Å². The predicted octanol–water partition coefficient (Wildman–Crippen LogP) is 2.77. The van der Waals surface area contributed by atoms with Gasteiger partial charge in [-0.3, -0.25) is 0 Å². The van der Waals surface area contributed by atoms with Crippen LogP contribution in [0.25, 0.3) is 0 Å². The van der Waals surface area contributed by atoms with Crippen LogP contribution in [-0.4, -0.2) is 28.3 Å². The molecule has 0 amide bonds. The summed E-state index contributed by atoms with van der Waals surface area (Å²) in [4.78, 5) is 2.48. The molecular formula is C16H19NO2S. The van der Waals surface area contributed by atoms with E-state index in [1.54, 1.807) is 12.1 Å². The van der Waals surface area contributed by atoms with Crippen molar-refractivity contribution in [2.24, 2.45) is 0 Å². The molecule has 0 radical (unpaired) electrons. The fourth-order valence-electron chi connectivity index (χ4n) is 2.02. The van der Waals surface area contributed by atoms with Crippen LogP contribution in [0.15, 0.2) is 59.5 Å². The second-order valence-electron chi connectivity index (χ2n) is 4.92. The molecule has 2 rings (SSSR count). The first-order chi connectivity index (χ1) is 9.47. The minimum Gasteiger partial charge on any atom is -0.374 e. The molecule has 0 spiro atoms. The lowest BCUT2D eigenvalue weighted by atomic mass is 10.1. The second kappa shape index (κ2) is 6.09. The first-order valence-electron chi connectivity index (χ1n) is 6.52. The molecule has 0 unspecified atom stereocenters. The summed E-state index contributed by atoms with van der Waals surface area (Å²) < 4.78 is 22.8. The summed E-state index contributed by atoms with van der Waals surface area (Å²) in [5.74, 6) is 0. The Kier molecular flexibility index (Phi) is 4.45. The minimum atomic E-state index is -3.12. The summed E-state index contributed by atoms with van der Waals surface area (Å²) in [5, 5.41) is 0. The highest BCUT2D eigenvalue weighted by molar-refractivity contribution is 7.90. The minimum absolute atomic E-state index is 0.359. The van der Waals surface area contributed by atoms with Gasteiger partial charge in [0.05, 0.1) is 4.90 Å². The Morgan fingerprint density at radius 3 is 2.10 bits per heavy atom. The smallest absolute Gasteiger partial charge is 0.175 e. The molecule has 0 aliphatic heterocycles. The zero-order valence-corrected chi connectivity index (χ0v) is 12.6. The Morgan fingerprint density at radius 1 is 0.950 bits per heavy atom. The predicted molar refractivity (Wildman–Crippen MR) is 83.0 cm³/mol. The highest BCUT2D eigenvalue weighted by atomic mass is 32.2. The molecule has 20 heavy (non-hydrogen) atoms. The third-order valence-electron chi connectivity index (χ3n) is 3.28. The van der Waals surface area contributed by atoms with Crippen molar-refractivity contribution in [1.29, 1.82) is 0 Å². The van der Waals surface area contributed by atoms with Crippen LogP contribution in [0.1, 0.15) is 5.56 Å². The van der Waals surface area contributed by atoms with Gasteiger partial charge in [-0.25, -0.2) is 8.42 Å². The van der Waals surface area contributed by atoms with Gasteiger partial charge in [0, 0.05) is 25.5 Å². The van der Waals surface area contributed by atoms with Crippen LogP contribution in [0, 0.1) is 0 Å². The molecule has 0 saturated carbocycles. The summed E-state index contributed by atoms with van der Waals surface area (Å²) in [6, 6.07) is 17.3. The van der Waals surface area contributed by atoms with Crippen LogP contribution in [0.5, 0.6) is 0 Å². The Labute approximate surface area is 120 Å². The molecule has 0 aromatic heterocycles. The van der Waals surface area contributed by atoms with E-state index >= 15 is 0 Å². The summed E-state index contributed by atoms with van der Waals surface area (Å²) in [6.07, 6.45) is 2.19. The molecule has 0 saturated heterocycles. The van der Waals surface area contributed by atoms with Crippen LogP contribution in [0.2, 0.25) is 0 Å². The third-order valence-corrected chi connectivity index (χ3v) is 4.41. The van der Waals surface area contributed by atoms with E-state index in [-0.39, 0.29) is 0 Å². The van der Waals surface area contributed by atoms with Crippen LogP contribution < -0.4 is 4.90 Å². The summed E-state index contributed by atoms with van der Waals surface area (Å²) in [7, 11) is -1.11. The lowest BCUT2D eigenvalue weighted by Crippen LogP contribution is -2.20. The van der Waals surface area contributed by atoms with Crippen LogP contribution in [0.4, 0.5) is 5.69 Å². The largest absolute Gasteiger partial charge is 0.374 e. The highest BCUT2D eigenvalue weighted by Crippen LogP contribution is 2.17. The van der Waals surface area contributed by atoms with Crippen molar-refractivity contribution < 1.29 is 8.42 Å². The SMILES string of the molecule is CN(CCc1ccccc1)c1ccc(S(C)(=O)=O)cc1. The average molecular weight is 289 g/mol. The Balaban J connectivity index is 2.01. The molecule has 2 aromatic rings. The molecule has 0 aliphatic carbocycles. The van der Waals surface area contributed by atoms with Gasteiger partial charge in [0.25, 0.3) is 0 Å². The molecule has 3 nitrogen and oxygen atoms in total. The van der Waals surface area contributed by atoms with Gasteiger partial charge in [-0.15, -0.1) is 0 Å². The molecule has 0 atom stereocenters. The van der Waals surface area contributed by atoms with Crippen molar-refractivity contribution >= 4 is 15.5 Å². The van der Waals surface area contributed by atoms with Crippen molar-refractivity contribution in [2.45, 2.75) is 11.3 Å². The number of anilines is 1. The first kappa shape index (κ1) is 14.6. The van der Waals surface area contributed by atoms with Crippen LogP contribution in [-0.2, 0) is 16.3 Å². The molecule has 106 valence electrons. The second-order valence-corrected chi connectivity index (χ2v) is 6.94. The van der Waals surface area contributed by atoms with Gasteiger partial charge in [-0.05, 0) is 36.2 Å². The van der Waals surface area contributed by atoms with Crippen molar-refractivity contribution in [3.63, 3.8) is 0 Å². The van der Waals surface area contributed by atoms with Gasteiger partial charge in [0.2, 0.25) is 0 Å². The first-order valence-corrected chi connectivity index (χ1v) is 8.41. The van der Waals surface area contributed by atoms with Gasteiger partial charge in [-0.2, -0.15) is 0 Å². The number of rotatable bonds is 5. The van der Waals surface area contributed by atoms with Crippen molar-refractivity contribution in [3.05, 3.63) is 60.2 Å². The average Bonchev–Trinajstić information content (AvgIpc) is 2.45. The molecule has 0 N–H and O–H groups in total. The Bertz CT molecular complexity index is 649. The molecule has 0 aliphatic rings. The molecule has 2 aromatic carbocycles. The van der Waals surface area contributed by atoms with Crippen LogP contribution >= 0.6 is 0 Å². The topological polar surface area (TPSA) is 37.4 Å². The maximum Gasteiger partial charge on any atom is 0.175 e. The summed E-state index contributed by atoms with van der Waals surface area (Å²) in [5.41, 5.74) is 2.32. The van der Waals surface area contributed by atoms with Crippen molar-refractivity contribution in [1.82, 2.24) is 0 Å². The zero-order valence-electron chi connectivity index (χ0n) is 11.8. The zero-order chi connectivity index (χ0) is 14.6. The molecule has 0 fully saturated rings. The van der Waals surface area contributed by atoms with Gasteiger partial charge in [0.1, 0.15) is 0 Å². The van der Waals surface area contributed by atoms with Crippen molar-refractivity contribution in [3.8, 4) is 0 Å². The maximum absolute atomic E-state index is 11.4. The lowest BCUT2D eigenvalue weighted by Gasteiger charge is -2.19. The number of likely N-dealkylation sites (N-methyl/N-ethyl adjacent to an activating group) is 1. The van der Waals surface area contributed by atoms with Gasteiger partial charge in [-0.1, -0.05) is 30.3 Å². The van der Waals surface area contributed by atoms with E-state index in [1.807, 2.05) is 37.4 Å². The molecular weight excluding hydrogens is 270 g/mol. The standard InChI is InChI=1S/C16H19NO2S/c1-17(13-12-14-6-4-3-5-7-14)15-8-10-16(11-9-15)20(2,18)19/h3-11H,12-13H2,1-2H3. The Hall–Kier alpha value is -1.81. The molecule has 0 bridgehead atoms. The molecule has 0 heterocycles. The summed E-state index contributed by atoms with van der Waals surface area (Å²) >= 11 is 0. The van der Waals surface area contributed by atoms with Crippen LogP contribution in [0.3, 0.4) is 0 Å². The van der Waals surface area contributed by atoms with E-state index in [2.05, 4.69) is 17.0 Å². The number of hydrogen-bond donors (Lipinski definition) is 0. The highest BCUT2D eigenvalue weighted by Gasteiger charge is 2.07. The number of benzene rings is 2. The van der Waals surface area contributed by atoms with E-state index in [0.29, 0.717) is 4.90 Å². The van der Waals surface area contributed by atoms with E-state index in [9.17, 15) is 8.42 Å². The lowest BCUT2D eigenvalue weighted by molar-refractivity contribution is 0.602. The summed E-state index contributed by atoms with van der Waals surface area (Å²) in [6.45, 7) is 0.891. The normalized spacial score (nSPS) is 11.3. The van der Waals surface area contributed by atoms with Crippen molar-refractivity contribution in [2.75, 3.05) is 24.7 Å². The van der Waals surface area contributed by atoms with E-state index < -0.39 is 9.84 Å². The quantitative estimate of drug-likeness (QED) is 0.849. The number of sulfone groups is 1. The van der Waals surface area contributed by atoms with E-state index in [0.717, 1.165) is 18.7 Å². The molecule has 4 heteroatoms. The number of nitrogens with zero attached hydrogens (tertiary/aromatic N) is 1. The van der Waals surface area contributed by atoms with Gasteiger partial charge in [0.15, 0.2) is 9.84 Å². The third kappa shape index (κ3) is 3.84.